The van der Waals surface area contributed by atoms with E-state index in [1.165, 1.54) is 5.56 Å². The SMILES string of the molecule is NC1CCCN(c2nc(-c3cccc(O)c3)nc(N3CCc4ccccc4C3CO)n2)C1. The number of hydrogen-bond acceptors (Lipinski definition) is 8. The molecule has 1 saturated heterocycles. The number of fused-ring (bicyclic) bond motifs is 1. The average molecular weight is 433 g/mol. The van der Waals surface area contributed by atoms with Gasteiger partial charge in [-0.2, -0.15) is 15.0 Å². The number of hydrogen-bond donors (Lipinski definition) is 3. The van der Waals surface area contributed by atoms with Crippen molar-refractivity contribution in [1.82, 2.24) is 15.0 Å². The van der Waals surface area contributed by atoms with Crippen molar-refractivity contribution in [3.63, 3.8) is 0 Å². The second kappa shape index (κ2) is 8.72. The van der Waals surface area contributed by atoms with Crippen LogP contribution in [0.25, 0.3) is 11.4 Å². The Morgan fingerprint density at radius 2 is 1.84 bits per heavy atom. The van der Waals surface area contributed by atoms with E-state index in [1.54, 1.807) is 18.2 Å². The van der Waals surface area contributed by atoms with Crippen molar-refractivity contribution < 1.29 is 10.2 Å². The highest BCUT2D eigenvalue weighted by atomic mass is 16.3. The summed E-state index contributed by atoms with van der Waals surface area (Å²) in [7, 11) is 0. The molecule has 0 aliphatic carbocycles. The minimum atomic E-state index is -0.226. The second-order valence-electron chi connectivity index (χ2n) is 8.50. The van der Waals surface area contributed by atoms with E-state index in [9.17, 15) is 10.2 Å². The number of aromatic nitrogens is 3. The third-order valence-electron chi connectivity index (χ3n) is 6.30. The van der Waals surface area contributed by atoms with Crippen LogP contribution in [0.3, 0.4) is 0 Å². The number of aromatic hydroxyl groups is 1. The van der Waals surface area contributed by atoms with Crippen molar-refractivity contribution in [2.75, 3.05) is 36.0 Å². The Labute approximate surface area is 187 Å². The molecule has 3 aromatic rings. The summed E-state index contributed by atoms with van der Waals surface area (Å²) in [6.07, 6.45) is 2.83. The topological polar surface area (TPSA) is 112 Å². The zero-order valence-electron chi connectivity index (χ0n) is 17.9. The van der Waals surface area contributed by atoms with Crippen LogP contribution in [0.2, 0.25) is 0 Å². The van der Waals surface area contributed by atoms with Gasteiger partial charge in [-0.15, -0.1) is 0 Å². The maximum atomic E-state index is 10.3. The number of nitrogens with two attached hydrogens (primary N) is 1. The van der Waals surface area contributed by atoms with Gasteiger partial charge in [0, 0.05) is 31.2 Å². The molecule has 2 aromatic carbocycles. The summed E-state index contributed by atoms with van der Waals surface area (Å²) in [6, 6.07) is 15.0. The molecule has 2 aliphatic rings. The zero-order chi connectivity index (χ0) is 22.1. The molecule has 0 radical (unpaired) electrons. The molecule has 2 aliphatic heterocycles. The molecule has 2 unspecified atom stereocenters. The highest BCUT2D eigenvalue weighted by molar-refractivity contribution is 5.61. The van der Waals surface area contributed by atoms with Crippen molar-refractivity contribution in [2.24, 2.45) is 5.73 Å². The summed E-state index contributed by atoms with van der Waals surface area (Å²) in [5, 5.41) is 20.3. The van der Waals surface area contributed by atoms with Crippen molar-refractivity contribution >= 4 is 11.9 Å². The fraction of sp³-hybridized carbons (Fsp3) is 0.375. The van der Waals surface area contributed by atoms with Crippen molar-refractivity contribution in [2.45, 2.75) is 31.3 Å². The summed E-state index contributed by atoms with van der Waals surface area (Å²) in [5.41, 5.74) is 9.28. The van der Waals surface area contributed by atoms with E-state index in [-0.39, 0.29) is 24.4 Å². The number of benzene rings is 2. The van der Waals surface area contributed by atoms with Crippen LogP contribution >= 0.6 is 0 Å². The van der Waals surface area contributed by atoms with E-state index in [4.69, 9.17) is 20.7 Å². The molecule has 4 N–H and O–H groups in total. The van der Waals surface area contributed by atoms with Gasteiger partial charge in [0.25, 0.3) is 0 Å². The van der Waals surface area contributed by atoms with Gasteiger partial charge < -0.3 is 25.7 Å². The van der Waals surface area contributed by atoms with Crippen LogP contribution in [0.5, 0.6) is 5.75 Å². The zero-order valence-corrected chi connectivity index (χ0v) is 17.9. The highest BCUT2D eigenvalue weighted by Crippen LogP contribution is 2.33. The first-order valence-corrected chi connectivity index (χ1v) is 11.1. The molecule has 5 rings (SSSR count). The number of phenols is 1. The highest BCUT2D eigenvalue weighted by Gasteiger charge is 2.30. The Bertz CT molecular complexity index is 1110. The van der Waals surface area contributed by atoms with Crippen LogP contribution in [0.15, 0.2) is 48.5 Å². The molecular formula is C24H28N6O2. The summed E-state index contributed by atoms with van der Waals surface area (Å²) < 4.78 is 0. The van der Waals surface area contributed by atoms with Gasteiger partial charge in [-0.1, -0.05) is 36.4 Å². The van der Waals surface area contributed by atoms with E-state index >= 15 is 0 Å². The monoisotopic (exact) mass is 432 g/mol. The van der Waals surface area contributed by atoms with E-state index in [0.717, 1.165) is 31.4 Å². The third kappa shape index (κ3) is 3.99. The fourth-order valence-corrected chi connectivity index (χ4v) is 4.68. The number of aliphatic hydroxyl groups is 1. The molecule has 0 saturated carbocycles. The van der Waals surface area contributed by atoms with Crippen LogP contribution in [-0.2, 0) is 6.42 Å². The van der Waals surface area contributed by atoms with Crippen molar-refractivity contribution in [3.05, 3.63) is 59.7 Å². The van der Waals surface area contributed by atoms with Gasteiger partial charge in [-0.05, 0) is 42.5 Å². The smallest absolute Gasteiger partial charge is 0.231 e. The van der Waals surface area contributed by atoms with Crippen LogP contribution in [0.1, 0.15) is 30.0 Å². The third-order valence-corrected chi connectivity index (χ3v) is 6.30. The molecule has 3 heterocycles. The van der Waals surface area contributed by atoms with E-state index in [0.29, 0.717) is 36.4 Å². The Kier molecular flexibility index (Phi) is 5.63. The molecule has 166 valence electrons. The quantitative estimate of drug-likeness (QED) is 0.576. The minimum Gasteiger partial charge on any atom is -0.508 e. The Morgan fingerprint density at radius 3 is 2.66 bits per heavy atom. The lowest BCUT2D eigenvalue weighted by Gasteiger charge is -2.37. The molecule has 1 fully saturated rings. The van der Waals surface area contributed by atoms with E-state index < -0.39 is 0 Å². The first-order chi connectivity index (χ1) is 15.6. The van der Waals surface area contributed by atoms with Gasteiger partial charge in [-0.25, -0.2) is 0 Å². The van der Waals surface area contributed by atoms with Gasteiger partial charge in [0.2, 0.25) is 11.9 Å². The lowest BCUT2D eigenvalue weighted by molar-refractivity contribution is 0.256. The van der Waals surface area contributed by atoms with Crippen molar-refractivity contribution in [3.8, 4) is 17.1 Å². The minimum absolute atomic E-state index is 0.0337. The Hall–Kier alpha value is -3.23. The molecule has 8 nitrogen and oxygen atoms in total. The number of piperidine rings is 1. The second-order valence-corrected chi connectivity index (χ2v) is 8.50. The van der Waals surface area contributed by atoms with Gasteiger partial charge in [0.15, 0.2) is 5.82 Å². The molecule has 2 atom stereocenters. The summed E-state index contributed by atoms with van der Waals surface area (Å²) >= 11 is 0. The number of phenolic OH excluding ortho intramolecular Hbond substituents is 1. The van der Waals surface area contributed by atoms with Gasteiger partial charge in [0.05, 0.1) is 12.6 Å². The predicted molar refractivity (Wildman–Crippen MR) is 124 cm³/mol. The molecule has 0 spiro atoms. The molecule has 0 amide bonds. The Morgan fingerprint density at radius 1 is 1.00 bits per heavy atom. The number of aliphatic hydroxyl groups excluding tert-OH is 1. The maximum absolute atomic E-state index is 10.3. The summed E-state index contributed by atoms with van der Waals surface area (Å²) in [6.45, 7) is 2.19. The van der Waals surface area contributed by atoms with Crippen LogP contribution in [-0.4, -0.2) is 57.4 Å². The van der Waals surface area contributed by atoms with E-state index in [1.807, 2.05) is 18.2 Å². The summed E-state index contributed by atoms with van der Waals surface area (Å²) in [5.74, 6) is 1.77. The molecule has 8 heteroatoms. The first kappa shape index (κ1) is 20.7. The van der Waals surface area contributed by atoms with Gasteiger partial charge in [0.1, 0.15) is 5.75 Å². The number of rotatable bonds is 4. The summed E-state index contributed by atoms with van der Waals surface area (Å²) in [4.78, 5) is 18.5. The Balaban J connectivity index is 1.59. The number of nitrogens with zero attached hydrogens (tertiary/aromatic N) is 5. The van der Waals surface area contributed by atoms with Gasteiger partial charge >= 0.3 is 0 Å². The standard InChI is InChI=1S/C24H28N6O2/c25-18-7-4-11-29(14-18)23-26-22(17-6-3-8-19(32)13-17)27-24(28-23)30-12-10-16-5-1-2-9-20(16)21(30)15-31/h1-3,5-6,8-9,13,18,21,31-32H,4,7,10-12,14-15,25H2. The molecule has 0 bridgehead atoms. The maximum Gasteiger partial charge on any atom is 0.231 e. The van der Waals surface area contributed by atoms with Crippen LogP contribution in [0, 0.1) is 0 Å². The average Bonchev–Trinajstić information content (AvgIpc) is 2.83. The van der Waals surface area contributed by atoms with Gasteiger partial charge in [-0.3, -0.25) is 0 Å². The lowest BCUT2D eigenvalue weighted by atomic mass is 9.93. The lowest BCUT2D eigenvalue weighted by Crippen LogP contribution is -2.44. The normalized spacial score (nSPS) is 20.8. The molecule has 1 aromatic heterocycles. The van der Waals surface area contributed by atoms with Crippen LogP contribution in [0.4, 0.5) is 11.9 Å². The largest absolute Gasteiger partial charge is 0.508 e. The number of anilines is 2. The predicted octanol–water partition coefficient (Wildman–Crippen LogP) is 2.27. The molecular weight excluding hydrogens is 404 g/mol. The fourth-order valence-electron chi connectivity index (χ4n) is 4.68. The van der Waals surface area contributed by atoms with Crippen LogP contribution < -0.4 is 15.5 Å². The first-order valence-electron chi connectivity index (χ1n) is 11.1. The molecule has 32 heavy (non-hydrogen) atoms. The van der Waals surface area contributed by atoms with Crippen molar-refractivity contribution in [1.29, 1.82) is 0 Å². The van der Waals surface area contributed by atoms with E-state index in [2.05, 4.69) is 21.9 Å².